The topological polar surface area (TPSA) is 95.7 Å². The molecule has 1 aliphatic carbocycles. The number of pyridine rings is 1. The molecule has 2 aromatic heterocycles. The Labute approximate surface area is 243 Å². The highest BCUT2D eigenvalue weighted by atomic mass is 19.4. The van der Waals surface area contributed by atoms with Gasteiger partial charge in [-0.1, -0.05) is 19.3 Å². The van der Waals surface area contributed by atoms with Gasteiger partial charge in [-0.15, -0.1) is 0 Å². The molecule has 13 heteroatoms. The molecule has 1 saturated carbocycles. The van der Waals surface area contributed by atoms with Crippen molar-refractivity contribution in [2.75, 3.05) is 20.8 Å². The van der Waals surface area contributed by atoms with Gasteiger partial charge in [-0.3, -0.25) is 0 Å². The molecule has 0 saturated heterocycles. The van der Waals surface area contributed by atoms with Crippen LogP contribution < -0.4 is 14.2 Å². The number of carbonyl (C=O) groups is 1. The van der Waals surface area contributed by atoms with Crippen LogP contribution >= 0.6 is 0 Å². The number of nitrogens with zero attached hydrogens (tertiary/aromatic N) is 3. The lowest BCUT2D eigenvalue weighted by atomic mass is 9.83. The molecule has 0 bridgehead atoms. The Hall–Kier alpha value is -4.42. The number of imidazole rings is 1. The highest BCUT2D eigenvalue weighted by Crippen LogP contribution is 2.42. The van der Waals surface area contributed by atoms with Gasteiger partial charge in [-0.05, 0) is 43.0 Å². The number of ether oxygens (including phenoxy) is 3. The van der Waals surface area contributed by atoms with Gasteiger partial charge >= 0.3 is 12.1 Å². The van der Waals surface area contributed by atoms with Gasteiger partial charge in [0.05, 0.1) is 48.0 Å². The fourth-order valence-corrected chi connectivity index (χ4v) is 5.61. The second kappa shape index (κ2) is 12.1. The van der Waals surface area contributed by atoms with Gasteiger partial charge in [-0.2, -0.15) is 18.2 Å². The molecule has 5 rings (SSSR count). The van der Waals surface area contributed by atoms with Crippen LogP contribution in [0.4, 0.5) is 22.0 Å². The summed E-state index contributed by atoms with van der Waals surface area (Å²) >= 11 is 0. The second-order valence-corrected chi connectivity index (χ2v) is 10.3. The number of carboxylic acids is 1. The number of alkyl halides is 3. The Kier molecular flexibility index (Phi) is 8.43. The van der Waals surface area contributed by atoms with E-state index in [1.807, 2.05) is 0 Å². The van der Waals surface area contributed by atoms with Gasteiger partial charge in [0.1, 0.15) is 18.2 Å². The molecule has 1 N–H and O–H groups in total. The van der Waals surface area contributed by atoms with E-state index in [0.29, 0.717) is 24.5 Å². The number of halogens is 5. The van der Waals surface area contributed by atoms with Crippen molar-refractivity contribution in [1.82, 2.24) is 14.5 Å². The number of aromatic nitrogens is 3. The van der Waals surface area contributed by atoms with Crippen molar-refractivity contribution in [1.29, 1.82) is 0 Å². The van der Waals surface area contributed by atoms with Crippen molar-refractivity contribution in [3.8, 4) is 28.9 Å². The fourth-order valence-electron chi connectivity index (χ4n) is 5.61. The van der Waals surface area contributed by atoms with Crippen molar-refractivity contribution in [2.24, 2.45) is 5.92 Å². The van der Waals surface area contributed by atoms with E-state index in [-0.39, 0.29) is 41.1 Å². The summed E-state index contributed by atoms with van der Waals surface area (Å²) in [6.07, 6.45) is -0.775. The largest absolute Gasteiger partial charge is 0.491 e. The first-order chi connectivity index (χ1) is 20.5. The van der Waals surface area contributed by atoms with Crippen molar-refractivity contribution in [3.63, 3.8) is 0 Å². The molecule has 2 heterocycles. The second-order valence-electron chi connectivity index (χ2n) is 10.3. The first-order valence-corrected chi connectivity index (χ1v) is 13.6. The normalized spacial score (nSPS) is 15.0. The summed E-state index contributed by atoms with van der Waals surface area (Å²) in [5.41, 5.74) is -1.08. The van der Waals surface area contributed by atoms with Crippen LogP contribution in [0.2, 0.25) is 0 Å². The minimum absolute atomic E-state index is 0.115. The van der Waals surface area contributed by atoms with E-state index >= 15 is 0 Å². The van der Waals surface area contributed by atoms with E-state index in [4.69, 9.17) is 14.2 Å². The zero-order valence-corrected chi connectivity index (χ0v) is 23.3. The van der Waals surface area contributed by atoms with E-state index in [1.54, 1.807) is 16.7 Å². The number of carboxylic acid groups (broad SMARTS) is 1. The summed E-state index contributed by atoms with van der Waals surface area (Å²) in [6.45, 7) is -0.302. The Balaban J connectivity index is 1.68. The lowest BCUT2D eigenvalue weighted by Gasteiger charge is -2.33. The van der Waals surface area contributed by atoms with Gasteiger partial charge in [-0.25, -0.2) is 18.6 Å². The third-order valence-corrected chi connectivity index (χ3v) is 7.68. The molecule has 0 spiro atoms. The molecule has 8 nitrogen and oxygen atoms in total. The van der Waals surface area contributed by atoms with E-state index in [9.17, 15) is 31.9 Å². The average Bonchev–Trinajstić information content (AvgIpc) is 3.34. The summed E-state index contributed by atoms with van der Waals surface area (Å²) in [6, 6.07) is 7.00. The van der Waals surface area contributed by atoms with Crippen LogP contribution in [0.5, 0.6) is 17.5 Å². The molecule has 0 aliphatic heterocycles. The third-order valence-electron chi connectivity index (χ3n) is 7.68. The third kappa shape index (κ3) is 6.06. The predicted octanol–water partition coefficient (Wildman–Crippen LogP) is 7.31. The molecule has 2 aromatic carbocycles. The predicted molar refractivity (Wildman–Crippen MR) is 145 cm³/mol. The molecule has 0 amide bonds. The van der Waals surface area contributed by atoms with Crippen LogP contribution in [0, 0.1) is 17.6 Å². The number of hydrogen-bond donors (Lipinski definition) is 1. The van der Waals surface area contributed by atoms with Crippen molar-refractivity contribution < 1.29 is 46.1 Å². The maximum atomic E-state index is 14.7. The minimum Gasteiger partial charge on any atom is -0.491 e. The lowest BCUT2D eigenvalue weighted by molar-refractivity contribution is -0.139. The molecule has 228 valence electrons. The fraction of sp³-hybridized carbons (Fsp3) is 0.367. The maximum absolute atomic E-state index is 14.7. The average molecular weight is 606 g/mol. The van der Waals surface area contributed by atoms with Crippen LogP contribution in [0.3, 0.4) is 0 Å². The Bertz CT molecular complexity index is 1650. The standard InChI is InChI=1S/C30H28F5N3O5/c1-41-26-11-9-18(28(37-26)42-2)27-36-22-13-20(31)21(32)14-23(22)38(27)24(16-6-4-3-5-7-16)15-43-25-10-8-17(29(39)40)12-19(25)30(33,34)35/h8-14,16,24H,3-7,15H2,1-2H3,(H,39,40). The maximum Gasteiger partial charge on any atom is 0.419 e. The zero-order chi connectivity index (χ0) is 30.9. The van der Waals surface area contributed by atoms with Crippen LogP contribution in [0.15, 0.2) is 42.5 Å². The van der Waals surface area contributed by atoms with Crippen LogP contribution in [0.25, 0.3) is 22.4 Å². The van der Waals surface area contributed by atoms with Gasteiger partial charge in [0.25, 0.3) is 0 Å². The molecule has 1 unspecified atom stereocenters. The summed E-state index contributed by atoms with van der Waals surface area (Å²) in [5.74, 6) is -3.82. The molecular weight excluding hydrogens is 577 g/mol. The molecule has 1 aliphatic rings. The van der Waals surface area contributed by atoms with Gasteiger partial charge in [0.2, 0.25) is 11.8 Å². The zero-order valence-electron chi connectivity index (χ0n) is 23.3. The van der Waals surface area contributed by atoms with Gasteiger partial charge in [0.15, 0.2) is 11.6 Å². The van der Waals surface area contributed by atoms with E-state index in [0.717, 1.165) is 43.5 Å². The molecule has 43 heavy (non-hydrogen) atoms. The van der Waals surface area contributed by atoms with Crippen molar-refractivity contribution in [2.45, 2.75) is 44.3 Å². The molecular formula is C30H28F5N3O5. The summed E-state index contributed by atoms with van der Waals surface area (Å²) < 4.78 is 89.1. The quantitative estimate of drug-likeness (QED) is 0.200. The summed E-state index contributed by atoms with van der Waals surface area (Å²) in [4.78, 5) is 20.3. The Morgan fingerprint density at radius 1 is 1.00 bits per heavy atom. The lowest BCUT2D eigenvalue weighted by Crippen LogP contribution is -2.28. The first kappa shape index (κ1) is 30.1. The number of fused-ring (bicyclic) bond motifs is 1. The molecule has 0 radical (unpaired) electrons. The Morgan fingerprint density at radius 2 is 1.72 bits per heavy atom. The monoisotopic (exact) mass is 605 g/mol. The van der Waals surface area contributed by atoms with E-state index in [2.05, 4.69) is 9.97 Å². The summed E-state index contributed by atoms with van der Waals surface area (Å²) in [7, 11) is 2.82. The Morgan fingerprint density at radius 3 is 2.37 bits per heavy atom. The number of aromatic carboxylic acids is 1. The first-order valence-electron chi connectivity index (χ1n) is 13.6. The molecule has 1 fully saturated rings. The smallest absolute Gasteiger partial charge is 0.419 e. The van der Waals surface area contributed by atoms with Crippen LogP contribution in [-0.2, 0) is 6.18 Å². The van der Waals surface area contributed by atoms with Crippen molar-refractivity contribution in [3.05, 3.63) is 65.2 Å². The van der Waals surface area contributed by atoms with Crippen LogP contribution in [0.1, 0.15) is 54.1 Å². The SMILES string of the molecule is COc1ccc(-c2nc3cc(F)c(F)cc3n2C(COc2ccc(C(=O)O)cc2C(F)(F)F)C2CCCCC2)c(OC)n1. The van der Waals surface area contributed by atoms with E-state index < -0.39 is 46.7 Å². The number of rotatable bonds is 9. The van der Waals surface area contributed by atoms with Crippen LogP contribution in [-0.4, -0.2) is 46.4 Å². The van der Waals surface area contributed by atoms with Gasteiger partial charge < -0.3 is 23.9 Å². The molecule has 4 aromatic rings. The summed E-state index contributed by atoms with van der Waals surface area (Å²) in [5, 5.41) is 9.24. The number of hydrogen-bond acceptors (Lipinski definition) is 6. The van der Waals surface area contributed by atoms with Crippen molar-refractivity contribution >= 4 is 17.0 Å². The highest BCUT2D eigenvalue weighted by molar-refractivity contribution is 5.88. The minimum atomic E-state index is -4.89. The van der Waals surface area contributed by atoms with Gasteiger partial charge in [0, 0.05) is 18.2 Å². The molecule has 1 atom stereocenters. The highest BCUT2D eigenvalue weighted by Gasteiger charge is 2.37. The number of benzene rings is 2. The number of methoxy groups -OCH3 is 2. The van der Waals surface area contributed by atoms with E-state index in [1.165, 1.54) is 14.2 Å².